The Morgan fingerprint density at radius 2 is 2.00 bits per heavy atom. The fourth-order valence-electron chi connectivity index (χ4n) is 5.99. The molecule has 0 radical (unpaired) electrons. The maximum Gasteiger partial charge on any atom is 0.293 e. The van der Waals surface area contributed by atoms with Gasteiger partial charge in [-0.15, -0.1) is 0 Å². The van der Waals surface area contributed by atoms with E-state index in [0.717, 1.165) is 41.3 Å². The number of likely N-dealkylation sites (tertiary alicyclic amines) is 2. The lowest BCUT2D eigenvalue weighted by Gasteiger charge is -2.39. The van der Waals surface area contributed by atoms with E-state index in [4.69, 9.17) is 16.6 Å². The standard InChI is InChI=1S/C31H32ClN5O3/c1-3-29(39)36-16-19(17-36)18-37-28-14-26(32)25(24-12-22(38)11-20-7-4-5-9-23(20)24)13-27(28)34-30(31(37)40)33-15-21-8-6-10-35(21)2/h3-5,7,9,11-14,19,21,38H,1,6,8,10,15-18H2,2H3,(H,33,34)/t21-/m0/s1. The molecule has 3 heterocycles. The number of fused-ring (bicyclic) bond motifs is 2. The van der Waals surface area contributed by atoms with Crippen molar-refractivity contribution in [3.05, 3.63) is 76.6 Å². The smallest absolute Gasteiger partial charge is 0.293 e. The maximum absolute atomic E-state index is 13.8. The predicted molar refractivity (Wildman–Crippen MR) is 160 cm³/mol. The summed E-state index contributed by atoms with van der Waals surface area (Å²) in [4.78, 5) is 34.6. The zero-order valence-electron chi connectivity index (χ0n) is 22.4. The van der Waals surface area contributed by atoms with Gasteiger partial charge in [-0.1, -0.05) is 42.4 Å². The van der Waals surface area contributed by atoms with E-state index in [9.17, 15) is 14.7 Å². The molecule has 2 N–H and O–H groups in total. The second-order valence-electron chi connectivity index (χ2n) is 10.9. The van der Waals surface area contributed by atoms with Crippen LogP contribution in [0.5, 0.6) is 5.75 Å². The molecular weight excluding hydrogens is 526 g/mol. The molecule has 8 nitrogen and oxygen atoms in total. The monoisotopic (exact) mass is 557 g/mol. The minimum atomic E-state index is -0.201. The van der Waals surface area contributed by atoms with Gasteiger partial charge in [0.25, 0.3) is 5.56 Å². The molecule has 1 atom stereocenters. The number of phenols is 1. The highest BCUT2D eigenvalue weighted by Gasteiger charge is 2.31. The van der Waals surface area contributed by atoms with Gasteiger partial charge in [0.2, 0.25) is 5.91 Å². The molecule has 0 spiro atoms. The van der Waals surface area contributed by atoms with Gasteiger partial charge in [0, 0.05) is 43.7 Å². The summed E-state index contributed by atoms with van der Waals surface area (Å²) in [6, 6.07) is 15.3. The molecule has 2 saturated heterocycles. The molecule has 0 bridgehead atoms. The molecule has 2 aliphatic heterocycles. The molecule has 206 valence electrons. The number of likely N-dealkylation sites (N-methyl/N-ethyl adjacent to an activating group) is 1. The number of aromatic nitrogens is 2. The molecule has 0 aliphatic carbocycles. The molecule has 6 rings (SSSR count). The zero-order valence-corrected chi connectivity index (χ0v) is 23.2. The molecule has 2 fully saturated rings. The molecule has 40 heavy (non-hydrogen) atoms. The van der Waals surface area contributed by atoms with Crippen molar-refractivity contribution < 1.29 is 9.90 Å². The van der Waals surface area contributed by atoms with Crippen LogP contribution in [-0.2, 0) is 11.3 Å². The number of rotatable bonds is 7. The van der Waals surface area contributed by atoms with Gasteiger partial charge in [-0.25, -0.2) is 4.98 Å². The normalized spacial score (nSPS) is 17.9. The average Bonchev–Trinajstić information content (AvgIpc) is 3.34. The first-order valence-electron chi connectivity index (χ1n) is 13.6. The summed E-state index contributed by atoms with van der Waals surface area (Å²) in [5.74, 6) is 0.487. The van der Waals surface area contributed by atoms with E-state index in [1.54, 1.807) is 27.7 Å². The van der Waals surface area contributed by atoms with Crippen LogP contribution < -0.4 is 10.9 Å². The van der Waals surface area contributed by atoms with E-state index < -0.39 is 0 Å². The first kappa shape index (κ1) is 26.3. The highest BCUT2D eigenvalue weighted by Crippen LogP contribution is 2.38. The summed E-state index contributed by atoms with van der Waals surface area (Å²) >= 11 is 6.88. The summed E-state index contributed by atoms with van der Waals surface area (Å²) in [6.07, 6.45) is 3.53. The van der Waals surface area contributed by atoms with Gasteiger partial charge in [-0.2, -0.15) is 0 Å². The van der Waals surface area contributed by atoms with Crippen molar-refractivity contribution in [3.8, 4) is 16.9 Å². The largest absolute Gasteiger partial charge is 0.508 e. The lowest BCUT2D eigenvalue weighted by molar-refractivity contribution is -0.132. The van der Waals surface area contributed by atoms with E-state index in [-0.39, 0.29) is 23.1 Å². The van der Waals surface area contributed by atoms with Crippen LogP contribution in [0.15, 0.2) is 66.0 Å². The van der Waals surface area contributed by atoms with Crippen molar-refractivity contribution in [2.45, 2.75) is 25.4 Å². The van der Waals surface area contributed by atoms with Crippen molar-refractivity contribution in [1.29, 1.82) is 0 Å². The van der Waals surface area contributed by atoms with Crippen LogP contribution in [0, 0.1) is 5.92 Å². The molecule has 2 aliphatic rings. The van der Waals surface area contributed by atoms with Crippen LogP contribution in [0.4, 0.5) is 5.82 Å². The molecule has 3 aromatic carbocycles. The molecular formula is C31H32ClN5O3. The minimum Gasteiger partial charge on any atom is -0.508 e. The van der Waals surface area contributed by atoms with Crippen LogP contribution in [0.25, 0.3) is 32.9 Å². The number of benzene rings is 3. The zero-order chi connectivity index (χ0) is 28.0. The molecule has 1 amide bonds. The first-order chi connectivity index (χ1) is 19.3. The lowest BCUT2D eigenvalue weighted by Crippen LogP contribution is -2.51. The highest BCUT2D eigenvalue weighted by molar-refractivity contribution is 6.34. The number of hydrogen-bond donors (Lipinski definition) is 2. The topological polar surface area (TPSA) is 90.7 Å². The van der Waals surface area contributed by atoms with E-state index in [1.807, 2.05) is 30.3 Å². The van der Waals surface area contributed by atoms with Gasteiger partial charge in [-0.05, 0) is 73.1 Å². The summed E-state index contributed by atoms with van der Waals surface area (Å²) in [5.41, 5.74) is 2.59. The quantitative estimate of drug-likeness (QED) is 0.319. The van der Waals surface area contributed by atoms with Crippen molar-refractivity contribution in [1.82, 2.24) is 19.4 Å². The van der Waals surface area contributed by atoms with Crippen LogP contribution in [0.1, 0.15) is 12.8 Å². The summed E-state index contributed by atoms with van der Waals surface area (Å²) in [7, 11) is 2.10. The number of hydrogen-bond acceptors (Lipinski definition) is 6. The molecule has 9 heteroatoms. The number of carbonyl (C=O) groups is 1. The number of carbonyl (C=O) groups excluding carboxylic acids is 1. The third-order valence-electron chi connectivity index (χ3n) is 8.23. The number of nitrogens with zero attached hydrogens (tertiary/aromatic N) is 4. The fraction of sp³-hybridized carbons (Fsp3) is 0.323. The number of phenolic OH excluding ortho intramolecular Hbond substituents is 1. The molecule has 4 aromatic rings. The van der Waals surface area contributed by atoms with E-state index in [2.05, 4.69) is 23.8 Å². The van der Waals surface area contributed by atoms with Gasteiger partial charge in [-0.3, -0.25) is 9.59 Å². The SMILES string of the molecule is C=CC(=O)N1CC(Cn2c(=O)c(NC[C@@H]3CCCN3C)nc3cc(-c4cc(O)cc5ccccc45)c(Cl)cc32)C1. The summed E-state index contributed by atoms with van der Waals surface area (Å²) < 4.78 is 1.74. The number of amides is 1. The van der Waals surface area contributed by atoms with Crippen LogP contribution in [-0.4, -0.2) is 69.6 Å². The number of halogens is 1. The second-order valence-corrected chi connectivity index (χ2v) is 11.3. The number of aromatic hydroxyl groups is 1. The van der Waals surface area contributed by atoms with Crippen molar-refractivity contribution in [2.24, 2.45) is 5.92 Å². The van der Waals surface area contributed by atoms with Crippen molar-refractivity contribution in [2.75, 3.05) is 38.5 Å². The van der Waals surface area contributed by atoms with E-state index >= 15 is 0 Å². The Morgan fingerprint density at radius 1 is 1.20 bits per heavy atom. The van der Waals surface area contributed by atoms with Gasteiger partial charge < -0.3 is 24.8 Å². The maximum atomic E-state index is 13.8. The Bertz CT molecular complexity index is 1690. The predicted octanol–water partition coefficient (Wildman–Crippen LogP) is 4.73. The Labute approximate surface area is 237 Å². The highest BCUT2D eigenvalue weighted by atomic mass is 35.5. The number of nitrogens with one attached hydrogen (secondary N) is 1. The summed E-state index contributed by atoms with van der Waals surface area (Å²) in [5, 5.41) is 16.1. The van der Waals surface area contributed by atoms with Crippen LogP contribution in [0.3, 0.4) is 0 Å². The summed E-state index contributed by atoms with van der Waals surface area (Å²) in [6.45, 7) is 6.83. The second kappa shape index (κ2) is 10.6. The fourth-order valence-corrected chi connectivity index (χ4v) is 6.25. The van der Waals surface area contributed by atoms with E-state index in [0.29, 0.717) is 54.1 Å². The third-order valence-corrected chi connectivity index (χ3v) is 8.55. The number of anilines is 1. The van der Waals surface area contributed by atoms with Crippen LogP contribution >= 0.6 is 11.6 Å². The van der Waals surface area contributed by atoms with Crippen molar-refractivity contribution in [3.63, 3.8) is 0 Å². The lowest BCUT2D eigenvalue weighted by atomic mass is 9.97. The Hall–Kier alpha value is -3.88. The van der Waals surface area contributed by atoms with Gasteiger partial charge in [0.15, 0.2) is 5.82 Å². The average molecular weight is 558 g/mol. The Kier molecular flexibility index (Phi) is 6.98. The Balaban J connectivity index is 1.44. The van der Waals surface area contributed by atoms with Gasteiger partial charge in [0.05, 0.1) is 16.1 Å². The van der Waals surface area contributed by atoms with Gasteiger partial charge >= 0.3 is 0 Å². The molecule has 0 saturated carbocycles. The van der Waals surface area contributed by atoms with E-state index in [1.165, 1.54) is 6.08 Å². The Morgan fingerprint density at radius 3 is 2.75 bits per heavy atom. The minimum absolute atomic E-state index is 0.0998. The van der Waals surface area contributed by atoms with Gasteiger partial charge in [0.1, 0.15) is 5.75 Å². The first-order valence-corrected chi connectivity index (χ1v) is 14.0. The third kappa shape index (κ3) is 4.82. The molecule has 0 unspecified atom stereocenters. The van der Waals surface area contributed by atoms with Crippen molar-refractivity contribution >= 4 is 45.1 Å². The molecule has 1 aromatic heterocycles. The van der Waals surface area contributed by atoms with Crippen LogP contribution in [0.2, 0.25) is 5.02 Å².